The van der Waals surface area contributed by atoms with E-state index < -0.39 is 23.5 Å². The number of hydrogen-bond donors (Lipinski definition) is 2. The van der Waals surface area contributed by atoms with Crippen molar-refractivity contribution < 1.29 is 28.2 Å². The number of aryl methyl sites for hydroxylation is 1. The van der Waals surface area contributed by atoms with Gasteiger partial charge in [0, 0.05) is 12.3 Å². The van der Waals surface area contributed by atoms with Gasteiger partial charge in [-0.25, -0.2) is 18.6 Å². The molecule has 6 nitrogen and oxygen atoms in total. The van der Waals surface area contributed by atoms with Gasteiger partial charge in [-0.15, -0.1) is 0 Å². The Morgan fingerprint density at radius 1 is 1.12 bits per heavy atom. The number of carbonyl (C=O) groups is 2. The van der Waals surface area contributed by atoms with Crippen LogP contribution in [0.3, 0.4) is 0 Å². The molecule has 0 aliphatic heterocycles. The van der Waals surface area contributed by atoms with Crippen molar-refractivity contribution in [2.75, 3.05) is 0 Å². The molecule has 2 aromatic carbocycles. The van der Waals surface area contributed by atoms with Crippen molar-refractivity contribution in [3.63, 3.8) is 0 Å². The number of carboxylic acid groups (broad SMARTS) is 1. The van der Waals surface area contributed by atoms with E-state index in [1.165, 1.54) is 24.4 Å². The van der Waals surface area contributed by atoms with E-state index >= 15 is 0 Å². The second-order valence-electron chi connectivity index (χ2n) is 7.32. The number of fused-ring (bicyclic) bond motifs is 1. The number of halogens is 3. The first-order valence-electron chi connectivity index (χ1n) is 9.77. The number of nitrogens with zero attached hydrogens (tertiary/aromatic N) is 1. The van der Waals surface area contributed by atoms with Crippen LogP contribution in [0.1, 0.15) is 50.7 Å². The number of rotatable bonds is 5. The van der Waals surface area contributed by atoms with Gasteiger partial charge < -0.3 is 15.2 Å². The van der Waals surface area contributed by atoms with Crippen LogP contribution in [0.25, 0.3) is 0 Å². The minimum Gasteiger partial charge on any atom is -0.478 e. The fourth-order valence-corrected chi connectivity index (χ4v) is 3.81. The number of pyridine rings is 1. The molecule has 1 unspecified atom stereocenters. The number of aromatic nitrogens is 1. The quantitative estimate of drug-likeness (QED) is 0.541. The van der Waals surface area contributed by atoms with Gasteiger partial charge in [0.15, 0.2) is 11.6 Å². The summed E-state index contributed by atoms with van der Waals surface area (Å²) in [4.78, 5) is 28.3. The summed E-state index contributed by atoms with van der Waals surface area (Å²) >= 11 is 6.02. The van der Waals surface area contributed by atoms with Gasteiger partial charge in [0.25, 0.3) is 5.91 Å². The predicted molar refractivity (Wildman–Crippen MR) is 112 cm³/mol. The number of carbonyl (C=O) groups excluding carboxylic acids is 1. The highest BCUT2D eigenvalue weighted by molar-refractivity contribution is 6.30. The molecule has 0 radical (unpaired) electrons. The first-order chi connectivity index (χ1) is 15.3. The molecular weight excluding hydrogens is 442 g/mol. The van der Waals surface area contributed by atoms with E-state index in [-0.39, 0.29) is 33.8 Å². The predicted octanol–water partition coefficient (Wildman–Crippen LogP) is 5.31. The summed E-state index contributed by atoms with van der Waals surface area (Å²) in [6, 6.07) is 8.83. The monoisotopic (exact) mass is 458 g/mol. The number of benzene rings is 2. The number of amides is 1. The summed E-state index contributed by atoms with van der Waals surface area (Å²) in [5.41, 5.74) is 1.92. The Morgan fingerprint density at radius 2 is 1.94 bits per heavy atom. The SMILES string of the molecule is O=C(O)c1ccc2c(c1)CCCC2NC(=O)c1cc(Cl)cnc1Oc1ccc(F)c(F)c1. The van der Waals surface area contributed by atoms with Crippen LogP contribution in [0.4, 0.5) is 8.78 Å². The zero-order valence-electron chi connectivity index (χ0n) is 16.6. The fourth-order valence-electron chi connectivity index (χ4n) is 3.66. The number of ether oxygens (including phenoxy) is 1. The average molecular weight is 459 g/mol. The second-order valence-corrected chi connectivity index (χ2v) is 7.76. The lowest BCUT2D eigenvalue weighted by Gasteiger charge is -2.27. The van der Waals surface area contributed by atoms with Crippen molar-refractivity contribution in [1.82, 2.24) is 10.3 Å². The molecular formula is C23H17ClF2N2O4. The maximum absolute atomic E-state index is 13.5. The Hall–Kier alpha value is -3.52. The molecule has 1 aliphatic carbocycles. The summed E-state index contributed by atoms with van der Waals surface area (Å²) < 4.78 is 32.2. The third kappa shape index (κ3) is 4.55. The van der Waals surface area contributed by atoms with Crippen molar-refractivity contribution in [1.29, 1.82) is 0 Å². The molecule has 1 amide bonds. The van der Waals surface area contributed by atoms with Crippen LogP contribution in [0, 0.1) is 11.6 Å². The van der Waals surface area contributed by atoms with Crippen LogP contribution in [0.15, 0.2) is 48.7 Å². The lowest BCUT2D eigenvalue weighted by molar-refractivity contribution is 0.0696. The first-order valence-corrected chi connectivity index (χ1v) is 10.1. The molecule has 32 heavy (non-hydrogen) atoms. The van der Waals surface area contributed by atoms with Crippen molar-refractivity contribution in [2.24, 2.45) is 0 Å². The first kappa shape index (κ1) is 21.7. The fraction of sp³-hybridized carbons (Fsp3) is 0.174. The molecule has 0 fully saturated rings. The highest BCUT2D eigenvalue weighted by Gasteiger charge is 2.25. The molecule has 2 N–H and O–H groups in total. The number of nitrogens with one attached hydrogen (secondary N) is 1. The Morgan fingerprint density at radius 3 is 2.69 bits per heavy atom. The van der Waals surface area contributed by atoms with Crippen molar-refractivity contribution >= 4 is 23.5 Å². The smallest absolute Gasteiger partial charge is 0.335 e. The number of aromatic carboxylic acids is 1. The van der Waals surface area contributed by atoms with Gasteiger partial charge in [-0.1, -0.05) is 17.7 Å². The highest BCUT2D eigenvalue weighted by atomic mass is 35.5. The summed E-state index contributed by atoms with van der Waals surface area (Å²) in [6.45, 7) is 0. The van der Waals surface area contributed by atoms with E-state index in [9.17, 15) is 23.5 Å². The van der Waals surface area contributed by atoms with Crippen LogP contribution in [-0.4, -0.2) is 22.0 Å². The van der Waals surface area contributed by atoms with E-state index in [1.807, 2.05) is 0 Å². The Bertz CT molecular complexity index is 1220. The van der Waals surface area contributed by atoms with Gasteiger partial charge in [0.05, 0.1) is 16.6 Å². The van der Waals surface area contributed by atoms with Crippen molar-refractivity contribution in [2.45, 2.75) is 25.3 Å². The molecule has 0 spiro atoms. The highest BCUT2D eigenvalue weighted by Crippen LogP contribution is 2.32. The van der Waals surface area contributed by atoms with E-state index in [0.717, 1.165) is 29.7 Å². The minimum atomic E-state index is -1.10. The zero-order chi connectivity index (χ0) is 22.8. The van der Waals surface area contributed by atoms with Gasteiger partial charge in [-0.2, -0.15) is 0 Å². The third-order valence-corrected chi connectivity index (χ3v) is 5.38. The molecule has 3 aromatic rings. The molecule has 1 atom stereocenters. The Balaban J connectivity index is 1.60. The molecule has 0 bridgehead atoms. The van der Waals surface area contributed by atoms with Crippen molar-refractivity contribution in [3.05, 3.63) is 87.6 Å². The second kappa shape index (κ2) is 8.92. The maximum atomic E-state index is 13.5. The van der Waals surface area contributed by atoms with Crippen LogP contribution in [0.5, 0.6) is 11.6 Å². The molecule has 164 valence electrons. The van der Waals surface area contributed by atoms with E-state index in [0.29, 0.717) is 12.8 Å². The molecule has 0 saturated carbocycles. The van der Waals surface area contributed by atoms with E-state index in [2.05, 4.69) is 10.3 Å². The summed E-state index contributed by atoms with van der Waals surface area (Å²) in [5.74, 6) is -3.80. The zero-order valence-corrected chi connectivity index (χ0v) is 17.3. The summed E-state index contributed by atoms with van der Waals surface area (Å²) in [6.07, 6.45) is 3.43. The largest absolute Gasteiger partial charge is 0.478 e. The normalized spacial score (nSPS) is 15.0. The van der Waals surface area contributed by atoms with Gasteiger partial charge in [0.1, 0.15) is 11.3 Å². The molecule has 4 rings (SSSR count). The van der Waals surface area contributed by atoms with Crippen LogP contribution < -0.4 is 10.1 Å². The standard InChI is InChI=1S/C23H17ClF2N2O4/c24-14-9-17(22(27-11-14)32-15-5-7-18(25)19(26)10-15)21(29)28-20-3-1-2-12-8-13(23(30)31)4-6-16(12)20/h4-11,20H,1-3H2,(H,28,29)(H,30,31). The van der Waals surface area contributed by atoms with Gasteiger partial charge in [-0.3, -0.25) is 4.79 Å². The average Bonchev–Trinajstić information content (AvgIpc) is 2.77. The van der Waals surface area contributed by atoms with Gasteiger partial charge in [-0.05, 0) is 60.7 Å². The lowest BCUT2D eigenvalue weighted by Crippen LogP contribution is -2.31. The van der Waals surface area contributed by atoms with Crippen molar-refractivity contribution in [3.8, 4) is 11.6 Å². The molecule has 1 aliphatic rings. The number of hydrogen-bond acceptors (Lipinski definition) is 4. The van der Waals surface area contributed by atoms with E-state index in [4.69, 9.17) is 16.3 Å². The minimum absolute atomic E-state index is 0.0245. The number of carboxylic acids is 1. The van der Waals surface area contributed by atoms with Crippen LogP contribution in [-0.2, 0) is 6.42 Å². The summed E-state index contributed by atoms with van der Waals surface area (Å²) in [7, 11) is 0. The molecule has 9 heteroatoms. The van der Waals surface area contributed by atoms with Gasteiger partial charge in [0.2, 0.25) is 5.88 Å². The van der Waals surface area contributed by atoms with Gasteiger partial charge >= 0.3 is 5.97 Å². The maximum Gasteiger partial charge on any atom is 0.335 e. The van der Waals surface area contributed by atoms with E-state index in [1.54, 1.807) is 12.1 Å². The Labute approximate surface area is 186 Å². The Kier molecular flexibility index (Phi) is 6.05. The summed E-state index contributed by atoms with van der Waals surface area (Å²) in [5, 5.41) is 12.3. The van der Waals surface area contributed by atoms with Crippen LogP contribution in [0.2, 0.25) is 5.02 Å². The topological polar surface area (TPSA) is 88.5 Å². The third-order valence-electron chi connectivity index (χ3n) is 5.18. The molecule has 0 saturated heterocycles. The molecule has 1 heterocycles. The van der Waals surface area contributed by atoms with Crippen LogP contribution >= 0.6 is 11.6 Å². The lowest BCUT2D eigenvalue weighted by atomic mass is 9.86. The molecule has 1 aromatic heterocycles.